The molecule has 1 unspecified atom stereocenters. The minimum absolute atomic E-state index is 0.444. The van der Waals surface area contributed by atoms with Gasteiger partial charge >= 0.3 is 0 Å². The number of para-hydroxylation sites is 1. The predicted molar refractivity (Wildman–Crippen MR) is 97.3 cm³/mol. The Bertz CT molecular complexity index is 463. The Morgan fingerprint density at radius 2 is 2.13 bits per heavy atom. The van der Waals surface area contributed by atoms with Crippen molar-refractivity contribution in [3.63, 3.8) is 0 Å². The Morgan fingerprint density at radius 3 is 2.87 bits per heavy atom. The molecule has 1 aliphatic heterocycles. The van der Waals surface area contributed by atoms with E-state index in [0.29, 0.717) is 6.04 Å². The van der Waals surface area contributed by atoms with Crippen LogP contribution in [-0.4, -0.2) is 51.4 Å². The van der Waals surface area contributed by atoms with Gasteiger partial charge in [-0.1, -0.05) is 18.2 Å². The van der Waals surface area contributed by atoms with Crippen LogP contribution in [0.15, 0.2) is 35.3 Å². The molecule has 5 nitrogen and oxygen atoms in total. The summed E-state index contributed by atoms with van der Waals surface area (Å²) >= 11 is 0. The Hall–Kier alpha value is -1.75. The van der Waals surface area contributed by atoms with E-state index in [1.54, 1.807) is 0 Å². The highest BCUT2D eigenvalue weighted by Gasteiger charge is 2.23. The number of nitrogens with one attached hydrogen (secondary N) is 2. The molecule has 1 aliphatic rings. The van der Waals surface area contributed by atoms with Crippen LogP contribution in [0.1, 0.15) is 26.7 Å². The standard InChI is InChI=1S/C18H30N4O/c1-3-19-18(20-12-8-14-23-4-2)21-16-11-13-22(15-16)17-9-6-5-7-10-17/h5-7,9-10,16H,3-4,8,11-15H2,1-2H3,(H2,19,20,21). The summed E-state index contributed by atoms with van der Waals surface area (Å²) in [7, 11) is 0. The van der Waals surface area contributed by atoms with Crippen molar-refractivity contribution in [3.8, 4) is 0 Å². The van der Waals surface area contributed by atoms with Gasteiger partial charge in [0.1, 0.15) is 0 Å². The molecule has 1 fully saturated rings. The van der Waals surface area contributed by atoms with Crippen molar-refractivity contribution in [2.24, 2.45) is 4.99 Å². The lowest BCUT2D eigenvalue weighted by Gasteiger charge is -2.20. The van der Waals surface area contributed by atoms with Crippen LogP contribution < -0.4 is 15.5 Å². The third-order valence-corrected chi connectivity index (χ3v) is 3.92. The zero-order valence-electron chi connectivity index (χ0n) is 14.4. The molecule has 23 heavy (non-hydrogen) atoms. The molecule has 0 aliphatic carbocycles. The molecular formula is C18H30N4O. The number of hydrogen-bond acceptors (Lipinski definition) is 3. The van der Waals surface area contributed by atoms with Gasteiger partial charge < -0.3 is 20.3 Å². The smallest absolute Gasteiger partial charge is 0.191 e. The second kappa shape index (κ2) is 10.1. The monoisotopic (exact) mass is 318 g/mol. The maximum absolute atomic E-state index is 5.36. The number of ether oxygens (including phenoxy) is 1. The Morgan fingerprint density at radius 1 is 1.30 bits per heavy atom. The zero-order valence-corrected chi connectivity index (χ0v) is 14.4. The van der Waals surface area contributed by atoms with Crippen molar-refractivity contribution in [3.05, 3.63) is 30.3 Å². The first-order chi connectivity index (χ1) is 11.3. The van der Waals surface area contributed by atoms with Crippen molar-refractivity contribution in [2.45, 2.75) is 32.7 Å². The van der Waals surface area contributed by atoms with E-state index in [9.17, 15) is 0 Å². The van der Waals surface area contributed by atoms with Gasteiger partial charge in [0.15, 0.2) is 5.96 Å². The van der Waals surface area contributed by atoms with Crippen molar-refractivity contribution in [2.75, 3.05) is 44.3 Å². The molecule has 1 heterocycles. The second-order valence-corrected chi connectivity index (χ2v) is 5.72. The van der Waals surface area contributed by atoms with Crippen molar-refractivity contribution in [1.82, 2.24) is 10.6 Å². The second-order valence-electron chi connectivity index (χ2n) is 5.72. The van der Waals surface area contributed by atoms with Gasteiger partial charge in [-0.2, -0.15) is 0 Å². The van der Waals surface area contributed by atoms with Crippen LogP contribution in [0, 0.1) is 0 Å². The third-order valence-electron chi connectivity index (χ3n) is 3.92. The van der Waals surface area contributed by atoms with E-state index in [4.69, 9.17) is 4.74 Å². The quantitative estimate of drug-likeness (QED) is 0.438. The topological polar surface area (TPSA) is 48.9 Å². The van der Waals surface area contributed by atoms with Crippen LogP contribution in [0.25, 0.3) is 0 Å². The van der Waals surface area contributed by atoms with Crippen molar-refractivity contribution >= 4 is 11.6 Å². The minimum Gasteiger partial charge on any atom is -0.382 e. The molecule has 2 rings (SSSR count). The Labute approximate surface area is 140 Å². The summed E-state index contributed by atoms with van der Waals surface area (Å²) in [4.78, 5) is 7.07. The average Bonchev–Trinajstić information content (AvgIpc) is 3.04. The molecule has 0 radical (unpaired) electrons. The van der Waals surface area contributed by atoms with Gasteiger partial charge in [-0.05, 0) is 38.8 Å². The summed E-state index contributed by atoms with van der Waals surface area (Å²) in [5.41, 5.74) is 1.30. The minimum atomic E-state index is 0.444. The molecule has 0 amide bonds. The highest BCUT2D eigenvalue weighted by Crippen LogP contribution is 2.19. The predicted octanol–water partition coefficient (Wildman–Crippen LogP) is 2.25. The molecule has 1 aromatic rings. The van der Waals surface area contributed by atoms with Crippen LogP contribution in [0.2, 0.25) is 0 Å². The van der Waals surface area contributed by atoms with E-state index in [-0.39, 0.29) is 0 Å². The fourth-order valence-corrected chi connectivity index (χ4v) is 2.77. The van der Waals surface area contributed by atoms with Crippen LogP contribution in [0.4, 0.5) is 5.69 Å². The first-order valence-corrected chi connectivity index (χ1v) is 8.76. The summed E-state index contributed by atoms with van der Waals surface area (Å²) in [6.07, 6.45) is 2.10. The van der Waals surface area contributed by atoms with E-state index in [0.717, 1.165) is 58.2 Å². The SMILES string of the molecule is CCNC(=NCCCOCC)NC1CCN(c2ccccc2)C1. The number of benzene rings is 1. The molecule has 0 aromatic heterocycles. The van der Waals surface area contributed by atoms with E-state index in [1.165, 1.54) is 5.69 Å². The molecule has 1 saturated heterocycles. The molecule has 1 aromatic carbocycles. The lowest BCUT2D eigenvalue weighted by atomic mass is 10.3. The molecule has 1 atom stereocenters. The highest BCUT2D eigenvalue weighted by atomic mass is 16.5. The first kappa shape index (κ1) is 17.6. The van der Waals surface area contributed by atoms with Gasteiger partial charge in [-0.3, -0.25) is 4.99 Å². The van der Waals surface area contributed by atoms with Gasteiger partial charge in [-0.15, -0.1) is 0 Å². The summed E-state index contributed by atoms with van der Waals surface area (Å²) in [5.74, 6) is 0.920. The molecule has 5 heteroatoms. The number of aliphatic imine (C=N–C) groups is 1. The normalized spacial score (nSPS) is 18.3. The maximum atomic E-state index is 5.36. The largest absolute Gasteiger partial charge is 0.382 e. The molecule has 0 saturated carbocycles. The number of guanidine groups is 1. The number of nitrogens with zero attached hydrogens (tertiary/aromatic N) is 2. The van der Waals surface area contributed by atoms with Gasteiger partial charge in [-0.25, -0.2) is 0 Å². The molecular weight excluding hydrogens is 288 g/mol. The van der Waals surface area contributed by atoms with E-state index in [1.807, 2.05) is 6.92 Å². The number of rotatable bonds is 8. The molecule has 128 valence electrons. The van der Waals surface area contributed by atoms with E-state index >= 15 is 0 Å². The van der Waals surface area contributed by atoms with E-state index in [2.05, 4.69) is 57.8 Å². The zero-order chi connectivity index (χ0) is 16.3. The molecule has 2 N–H and O–H groups in total. The fraction of sp³-hybridized carbons (Fsp3) is 0.611. The third kappa shape index (κ3) is 6.10. The first-order valence-electron chi connectivity index (χ1n) is 8.76. The summed E-state index contributed by atoms with van der Waals surface area (Å²) in [6.45, 7) is 9.47. The van der Waals surface area contributed by atoms with Crippen molar-refractivity contribution in [1.29, 1.82) is 0 Å². The van der Waals surface area contributed by atoms with Crippen LogP contribution in [0.3, 0.4) is 0 Å². The van der Waals surface area contributed by atoms with Crippen LogP contribution >= 0.6 is 0 Å². The van der Waals surface area contributed by atoms with E-state index < -0.39 is 0 Å². The van der Waals surface area contributed by atoms with Gasteiger partial charge in [0.2, 0.25) is 0 Å². The molecule has 0 bridgehead atoms. The van der Waals surface area contributed by atoms with Crippen LogP contribution in [0.5, 0.6) is 0 Å². The van der Waals surface area contributed by atoms with Gasteiger partial charge in [0.05, 0.1) is 0 Å². The van der Waals surface area contributed by atoms with Gasteiger partial charge in [0.25, 0.3) is 0 Å². The Balaban J connectivity index is 1.80. The molecule has 0 spiro atoms. The fourth-order valence-electron chi connectivity index (χ4n) is 2.77. The number of hydrogen-bond donors (Lipinski definition) is 2. The van der Waals surface area contributed by atoms with Crippen molar-refractivity contribution < 1.29 is 4.74 Å². The van der Waals surface area contributed by atoms with Gasteiger partial charge in [0, 0.05) is 51.1 Å². The maximum Gasteiger partial charge on any atom is 0.191 e. The Kier molecular flexibility index (Phi) is 7.73. The summed E-state index contributed by atoms with van der Waals surface area (Å²) in [6, 6.07) is 11.1. The summed E-state index contributed by atoms with van der Waals surface area (Å²) < 4.78 is 5.36. The lowest BCUT2D eigenvalue weighted by molar-refractivity contribution is 0.146. The number of anilines is 1. The van der Waals surface area contributed by atoms with Crippen LogP contribution in [-0.2, 0) is 4.74 Å². The lowest BCUT2D eigenvalue weighted by Crippen LogP contribution is -2.44. The highest BCUT2D eigenvalue weighted by molar-refractivity contribution is 5.80. The summed E-state index contributed by atoms with van der Waals surface area (Å²) in [5, 5.41) is 6.90. The average molecular weight is 318 g/mol.